The molecule has 5 heterocycles. The zero-order valence-electron chi connectivity index (χ0n) is 28.5. The Morgan fingerprint density at radius 1 is 0.377 bits per heavy atom. The minimum Gasteiger partial charge on any atom is -0.308 e. The molecule has 0 aliphatic rings. The van der Waals surface area contributed by atoms with Crippen molar-refractivity contribution in [3.63, 3.8) is 0 Å². The van der Waals surface area contributed by atoms with Crippen LogP contribution in [0.4, 0.5) is 17.1 Å². The quantitative estimate of drug-likeness (QED) is 0.187. The Bertz CT molecular complexity index is 3580. The zero-order valence-corrected chi connectivity index (χ0v) is 28.5. The summed E-state index contributed by atoms with van der Waals surface area (Å²) in [5.74, 6) is 0. The molecule has 0 spiro atoms. The molecule has 0 radical (unpaired) electrons. The number of hydrogen-bond donors (Lipinski definition) is 0. The lowest BCUT2D eigenvalue weighted by Crippen LogP contribution is -2.11. The maximum Gasteiger partial charge on any atom is 0.146 e. The van der Waals surface area contributed by atoms with Crippen molar-refractivity contribution in [2.24, 2.45) is 0 Å². The summed E-state index contributed by atoms with van der Waals surface area (Å²) >= 11 is 0. The van der Waals surface area contributed by atoms with Crippen molar-refractivity contribution in [1.82, 2.24) is 13.8 Å². The number of para-hydroxylation sites is 4. The molecule has 8 aromatic carbocycles. The third kappa shape index (κ3) is 3.34. The maximum atomic E-state index is 5.44. The van der Waals surface area contributed by atoms with Gasteiger partial charge in [0.2, 0.25) is 0 Å². The van der Waals surface area contributed by atoms with Crippen LogP contribution in [0.2, 0.25) is 0 Å². The summed E-state index contributed by atoms with van der Waals surface area (Å²) in [7, 11) is 0. The molecule has 0 atom stereocenters. The predicted molar refractivity (Wildman–Crippen MR) is 223 cm³/mol. The van der Waals surface area contributed by atoms with Gasteiger partial charge in [0.15, 0.2) is 0 Å². The summed E-state index contributed by atoms with van der Waals surface area (Å²) in [6, 6.07) is 59.6. The molecule has 4 heteroatoms. The van der Waals surface area contributed by atoms with Crippen molar-refractivity contribution < 1.29 is 0 Å². The smallest absolute Gasteiger partial charge is 0.146 e. The van der Waals surface area contributed by atoms with E-state index in [4.69, 9.17) is 4.98 Å². The molecule has 0 saturated heterocycles. The number of pyridine rings is 1. The summed E-state index contributed by atoms with van der Waals surface area (Å²) in [5, 5.41) is 15.1. The van der Waals surface area contributed by atoms with E-state index in [-0.39, 0.29) is 0 Å². The number of hydrogen-bond acceptors (Lipinski definition) is 2. The second-order valence-electron chi connectivity index (χ2n) is 14.3. The van der Waals surface area contributed by atoms with Gasteiger partial charge in [-0.3, -0.25) is 4.40 Å². The lowest BCUT2D eigenvalue weighted by molar-refractivity contribution is 1.25. The van der Waals surface area contributed by atoms with Crippen molar-refractivity contribution in [2.45, 2.75) is 0 Å². The van der Waals surface area contributed by atoms with E-state index in [2.05, 4.69) is 184 Å². The lowest BCUT2D eigenvalue weighted by atomic mass is 9.98. The van der Waals surface area contributed by atoms with Gasteiger partial charge in [-0.05, 0) is 64.0 Å². The zero-order chi connectivity index (χ0) is 34.4. The lowest BCUT2D eigenvalue weighted by Gasteiger charge is -2.27. The summed E-state index contributed by atoms with van der Waals surface area (Å²) in [6.07, 6.45) is 2.13. The molecule has 0 unspecified atom stereocenters. The standard InChI is InChI=1S/C49H28N4/c1-3-16-31(17-4-1)51(32-18-5-2-6-19-32)40-27-30-15-8-9-20-33(30)42-36-23-13-24-37-43-41(52(46(36)37)48(40)42)28-50-49-45(43)44-34-21-10-7-14-29(34)26-38-35-22-11-12-25-39(35)53(49)47(38)44/h1-28H. The third-order valence-electron chi connectivity index (χ3n) is 11.7. The van der Waals surface area contributed by atoms with Crippen molar-refractivity contribution in [1.29, 1.82) is 0 Å². The Labute approximate surface area is 302 Å². The van der Waals surface area contributed by atoms with Gasteiger partial charge in [-0.1, -0.05) is 121 Å². The van der Waals surface area contributed by atoms with Crippen LogP contribution in [-0.4, -0.2) is 13.8 Å². The Morgan fingerprint density at radius 3 is 1.70 bits per heavy atom. The third-order valence-corrected chi connectivity index (χ3v) is 11.7. The molecule has 0 N–H and O–H groups in total. The molecular weight excluding hydrogens is 645 g/mol. The van der Waals surface area contributed by atoms with E-state index in [1.54, 1.807) is 0 Å². The minimum absolute atomic E-state index is 1.01. The fourth-order valence-corrected chi connectivity index (χ4v) is 9.72. The fraction of sp³-hybridized carbons (Fsp3) is 0. The Balaban J connectivity index is 1.30. The van der Waals surface area contributed by atoms with Gasteiger partial charge in [0.25, 0.3) is 0 Å². The number of rotatable bonds is 3. The van der Waals surface area contributed by atoms with Gasteiger partial charge in [-0.25, -0.2) is 4.98 Å². The van der Waals surface area contributed by atoms with Crippen molar-refractivity contribution >= 4 is 115 Å². The Hall–Kier alpha value is -7.17. The normalized spacial score (nSPS) is 12.5. The molecule has 0 saturated carbocycles. The molecule has 0 bridgehead atoms. The summed E-state index contributed by atoms with van der Waals surface area (Å²) in [4.78, 5) is 7.86. The van der Waals surface area contributed by atoms with Crippen LogP contribution in [0.5, 0.6) is 0 Å². The minimum atomic E-state index is 1.01. The van der Waals surface area contributed by atoms with Crippen LogP contribution in [0.3, 0.4) is 0 Å². The van der Waals surface area contributed by atoms with E-state index in [9.17, 15) is 0 Å². The van der Waals surface area contributed by atoms with Gasteiger partial charge in [0, 0.05) is 54.5 Å². The number of fused-ring (bicyclic) bond motifs is 17. The Kier molecular flexibility index (Phi) is 5.08. The van der Waals surface area contributed by atoms with E-state index in [1.165, 1.54) is 86.7 Å². The topological polar surface area (TPSA) is 24.9 Å². The molecule has 0 fully saturated rings. The van der Waals surface area contributed by atoms with Crippen molar-refractivity contribution in [3.8, 4) is 0 Å². The monoisotopic (exact) mass is 672 g/mol. The number of nitrogens with zero attached hydrogens (tertiary/aromatic N) is 4. The van der Waals surface area contributed by atoms with E-state index >= 15 is 0 Å². The highest BCUT2D eigenvalue weighted by Gasteiger charge is 2.28. The molecule has 0 aliphatic heterocycles. The first-order valence-corrected chi connectivity index (χ1v) is 18.2. The van der Waals surface area contributed by atoms with Gasteiger partial charge < -0.3 is 9.30 Å². The molecule has 13 rings (SSSR count). The van der Waals surface area contributed by atoms with E-state index < -0.39 is 0 Å². The average Bonchev–Trinajstić information content (AvgIpc) is 3.95. The number of benzene rings is 8. The van der Waals surface area contributed by atoms with E-state index in [0.29, 0.717) is 0 Å². The van der Waals surface area contributed by atoms with E-state index in [0.717, 1.165) is 28.2 Å². The average molecular weight is 673 g/mol. The fourth-order valence-electron chi connectivity index (χ4n) is 9.72. The van der Waals surface area contributed by atoms with Crippen molar-refractivity contribution in [3.05, 3.63) is 170 Å². The van der Waals surface area contributed by atoms with E-state index in [1.807, 2.05) is 0 Å². The van der Waals surface area contributed by atoms with Gasteiger partial charge in [0.05, 0.1) is 39.5 Å². The Morgan fingerprint density at radius 2 is 0.962 bits per heavy atom. The van der Waals surface area contributed by atoms with Crippen LogP contribution in [-0.2, 0) is 0 Å². The summed E-state index contributed by atoms with van der Waals surface area (Å²) < 4.78 is 4.94. The molecule has 13 aromatic rings. The first kappa shape index (κ1) is 27.5. The molecule has 244 valence electrons. The predicted octanol–water partition coefficient (Wildman–Crippen LogP) is 13.2. The van der Waals surface area contributed by atoms with Crippen LogP contribution in [0.15, 0.2) is 170 Å². The van der Waals surface area contributed by atoms with Crippen LogP contribution < -0.4 is 4.90 Å². The summed E-state index contributed by atoms with van der Waals surface area (Å²) in [6.45, 7) is 0. The van der Waals surface area contributed by atoms with Gasteiger partial charge in [-0.2, -0.15) is 0 Å². The summed E-state index contributed by atoms with van der Waals surface area (Å²) in [5.41, 5.74) is 10.4. The van der Waals surface area contributed by atoms with Crippen LogP contribution in [0.1, 0.15) is 0 Å². The highest BCUT2D eigenvalue weighted by Crippen LogP contribution is 2.51. The number of aromatic nitrogens is 3. The highest BCUT2D eigenvalue weighted by molar-refractivity contribution is 6.40. The molecule has 5 aromatic heterocycles. The van der Waals surface area contributed by atoms with Crippen LogP contribution in [0.25, 0.3) is 97.9 Å². The van der Waals surface area contributed by atoms with Crippen molar-refractivity contribution in [2.75, 3.05) is 4.90 Å². The first-order chi connectivity index (χ1) is 26.3. The molecular formula is C49H28N4. The second kappa shape index (κ2) is 9.78. The van der Waals surface area contributed by atoms with Gasteiger partial charge in [-0.15, -0.1) is 0 Å². The molecule has 0 amide bonds. The van der Waals surface area contributed by atoms with Crippen LogP contribution >= 0.6 is 0 Å². The maximum absolute atomic E-state index is 5.44. The largest absolute Gasteiger partial charge is 0.308 e. The molecule has 0 aliphatic carbocycles. The second-order valence-corrected chi connectivity index (χ2v) is 14.3. The van der Waals surface area contributed by atoms with Gasteiger partial charge in [0.1, 0.15) is 5.65 Å². The molecule has 53 heavy (non-hydrogen) atoms. The van der Waals surface area contributed by atoms with Gasteiger partial charge >= 0.3 is 0 Å². The first-order valence-electron chi connectivity index (χ1n) is 18.2. The highest BCUT2D eigenvalue weighted by atomic mass is 15.2. The van der Waals surface area contributed by atoms with Crippen LogP contribution in [0, 0.1) is 0 Å². The molecule has 4 nitrogen and oxygen atoms in total. The SMILES string of the molecule is c1ccc(N(c2ccccc2)c2cc3ccccc3c3c4cccc5c6c7c8c9ccccc9cc9c%10ccccc%10n(c7ncc6n(c23)c54)c98)cc1. The number of anilines is 3.